The van der Waals surface area contributed by atoms with Crippen molar-refractivity contribution in [3.05, 3.63) is 0 Å². The summed E-state index contributed by atoms with van der Waals surface area (Å²) in [4.78, 5) is 0. The molecule has 0 saturated carbocycles. The van der Waals surface area contributed by atoms with Crippen molar-refractivity contribution in [1.82, 2.24) is 0 Å². The first-order valence-electron chi connectivity index (χ1n) is 6.21. The average molecular weight is 354 g/mol. The summed E-state index contributed by atoms with van der Waals surface area (Å²) in [5.74, 6) is 1.32. The summed E-state index contributed by atoms with van der Waals surface area (Å²) in [5.41, 5.74) is 0. The summed E-state index contributed by atoms with van der Waals surface area (Å²) < 4.78 is 17.8. The van der Waals surface area contributed by atoms with Gasteiger partial charge in [0.2, 0.25) is 0 Å². The van der Waals surface area contributed by atoms with Crippen LogP contribution >= 0.6 is 35.7 Å². The van der Waals surface area contributed by atoms with E-state index < -0.39 is 13.8 Å². The van der Waals surface area contributed by atoms with Crippen molar-refractivity contribution >= 4 is 47.8 Å². The van der Waals surface area contributed by atoms with Crippen molar-refractivity contribution in [2.45, 2.75) is 31.5 Å². The number of rotatable bonds is 9. The normalized spacial score (nSPS) is 12.2. The fourth-order valence-electron chi connectivity index (χ4n) is 1.83. The molecule has 20 heavy (non-hydrogen) atoms. The highest BCUT2D eigenvalue weighted by atomic mass is 32.2. The smallest absolute Gasteiger partial charge is 0.370 e. The maximum absolute atomic E-state index is 8.49. The van der Waals surface area contributed by atoms with Crippen LogP contribution in [0.4, 0.5) is 0 Å². The van der Waals surface area contributed by atoms with E-state index in [2.05, 4.69) is 6.07 Å². The first-order chi connectivity index (χ1) is 9.39. The Kier molecular flexibility index (Phi) is 10.4. The van der Waals surface area contributed by atoms with E-state index in [9.17, 15) is 0 Å². The minimum absolute atomic E-state index is 0.406. The second kappa shape index (κ2) is 10.2. The van der Waals surface area contributed by atoms with E-state index in [1.807, 2.05) is 13.8 Å². The number of hydrogen-bond donors (Lipinski definition) is 0. The van der Waals surface area contributed by atoms with Gasteiger partial charge in [0.05, 0.1) is 11.8 Å². The Labute approximate surface area is 137 Å². The monoisotopic (exact) mass is 353 g/mol. The summed E-state index contributed by atoms with van der Waals surface area (Å²) in [6.07, 6.45) is 0.943. The molecule has 4 nitrogen and oxygen atoms in total. The van der Waals surface area contributed by atoms with Gasteiger partial charge < -0.3 is 13.6 Å². The lowest BCUT2D eigenvalue weighted by molar-refractivity contribution is 0.0338. The molecule has 0 N–H and O–H groups in total. The quantitative estimate of drug-likeness (QED) is 0.358. The number of thioether (sulfide) groups is 2. The molecule has 0 saturated heterocycles. The Balaban J connectivity index is 4.31. The van der Waals surface area contributed by atoms with Crippen molar-refractivity contribution in [3.63, 3.8) is 0 Å². The minimum Gasteiger partial charge on any atom is -0.396 e. The minimum atomic E-state index is -2.41. The van der Waals surface area contributed by atoms with Gasteiger partial charge in [0.25, 0.3) is 0 Å². The molecule has 8 heteroatoms. The maximum Gasteiger partial charge on any atom is 0.370 e. The second-order valence-corrected chi connectivity index (χ2v) is 11.8. The average Bonchev–Trinajstić information content (AvgIpc) is 2.45. The largest absolute Gasteiger partial charge is 0.396 e. The lowest BCUT2D eigenvalue weighted by atomic mass is 10.5. The number of thiocarbonyl (C=S) groups is 1. The van der Waals surface area contributed by atoms with Crippen molar-refractivity contribution in [2.24, 2.45) is 0 Å². The summed E-state index contributed by atoms with van der Waals surface area (Å²) in [5, 5.41) is 8.09. The molecular weight excluding hydrogens is 330 g/mol. The molecule has 0 aliphatic rings. The number of hydrogen-bond acceptors (Lipinski definition) is 7. The van der Waals surface area contributed by atoms with Gasteiger partial charge in [-0.05, 0) is 32.1 Å². The molecule has 0 aliphatic heterocycles. The predicted molar refractivity (Wildman–Crippen MR) is 93.4 cm³/mol. The van der Waals surface area contributed by atoms with Gasteiger partial charge in [-0.2, -0.15) is 5.26 Å². The number of ether oxygens (including phenoxy) is 1. The molecule has 0 fully saturated rings. The van der Waals surface area contributed by atoms with E-state index in [-0.39, 0.29) is 0 Å². The third-order valence-corrected chi connectivity index (χ3v) is 10.2. The predicted octanol–water partition coefficient (Wildman–Crippen LogP) is 3.35. The number of nitrogens with zero attached hydrogens (tertiary/aromatic N) is 1. The highest BCUT2D eigenvalue weighted by Crippen LogP contribution is 2.31. The lowest BCUT2D eigenvalue weighted by Gasteiger charge is -2.40. The van der Waals surface area contributed by atoms with Crippen LogP contribution in [0.5, 0.6) is 0 Å². The molecule has 0 heterocycles. The van der Waals surface area contributed by atoms with E-state index in [0.29, 0.717) is 5.75 Å². The van der Waals surface area contributed by atoms with Crippen molar-refractivity contribution in [3.8, 4) is 6.07 Å². The van der Waals surface area contributed by atoms with Crippen LogP contribution in [0, 0.1) is 11.3 Å². The molecule has 0 unspecified atom stereocenters. The zero-order valence-electron chi connectivity index (χ0n) is 12.7. The van der Waals surface area contributed by atoms with Crippen LogP contribution in [0.3, 0.4) is 0 Å². The van der Waals surface area contributed by atoms with Crippen LogP contribution in [-0.4, -0.2) is 50.1 Å². The van der Waals surface area contributed by atoms with Crippen LogP contribution in [0.2, 0.25) is 6.04 Å². The van der Waals surface area contributed by atoms with Crippen molar-refractivity contribution in [1.29, 1.82) is 5.26 Å². The fourth-order valence-corrected chi connectivity index (χ4v) is 7.02. The third-order valence-electron chi connectivity index (χ3n) is 3.21. The van der Waals surface area contributed by atoms with E-state index in [0.717, 1.165) is 21.7 Å². The molecule has 0 radical (unpaired) electrons. The van der Waals surface area contributed by atoms with E-state index in [1.165, 1.54) is 11.8 Å². The Hall–Kier alpha value is 0.377. The van der Waals surface area contributed by atoms with Gasteiger partial charge in [-0.15, -0.1) is 11.8 Å². The van der Waals surface area contributed by atoms with Crippen LogP contribution < -0.4 is 0 Å². The number of nitriles is 1. The van der Waals surface area contributed by atoms with Gasteiger partial charge in [-0.3, -0.25) is 0 Å². The molecular formula is C12H23NO3S3Si. The highest BCUT2D eigenvalue weighted by molar-refractivity contribution is 8.47. The zero-order chi connectivity index (χ0) is 15.6. The van der Waals surface area contributed by atoms with Crippen LogP contribution in [-0.2, 0) is 13.6 Å². The van der Waals surface area contributed by atoms with Gasteiger partial charge in [-0.1, -0.05) is 24.0 Å². The van der Waals surface area contributed by atoms with E-state index in [4.69, 9.17) is 31.1 Å². The molecule has 0 bridgehead atoms. The van der Waals surface area contributed by atoms with Crippen LogP contribution in [0.15, 0.2) is 0 Å². The molecule has 0 aromatic rings. The molecule has 0 amide bonds. The topological polar surface area (TPSA) is 51.5 Å². The summed E-state index contributed by atoms with van der Waals surface area (Å²) in [6, 6.07) is 2.92. The second-order valence-electron chi connectivity index (χ2n) is 4.52. The molecule has 0 spiro atoms. The summed E-state index contributed by atoms with van der Waals surface area (Å²) in [7, 11) is 2.66. The van der Waals surface area contributed by atoms with Crippen LogP contribution in [0.1, 0.15) is 20.3 Å². The molecule has 0 aliphatic carbocycles. The Morgan fingerprint density at radius 1 is 1.25 bits per heavy atom. The van der Waals surface area contributed by atoms with Gasteiger partial charge in [-0.25, -0.2) is 0 Å². The van der Waals surface area contributed by atoms with Crippen molar-refractivity contribution < 1.29 is 13.6 Å². The van der Waals surface area contributed by atoms with E-state index in [1.54, 1.807) is 33.1 Å². The first-order valence-corrected chi connectivity index (χ1v) is 10.6. The first kappa shape index (κ1) is 20.4. The standard InChI is InChI=1S/C12H23NO3S3Si/c1-12(2,14-3)20(15-4,16-5)10-6-8-18-11(17)19-9-7-13/h6,8-10H2,1-5H3. The Morgan fingerprint density at radius 3 is 2.30 bits per heavy atom. The molecule has 0 aromatic carbocycles. The number of methoxy groups -OCH3 is 1. The molecule has 0 atom stereocenters. The molecule has 116 valence electrons. The van der Waals surface area contributed by atoms with E-state index >= 15 is 0 Å². The highest BCUT2D eigenvalue weighted by Gasteiger charge is 2.51. The molecule has 0 aromatic heterocycles. The Bertz CT molecular complexity index is 343. The lowest BCUT2D eigenvalue weighted by Crippen LogP contribution is -2.59. The van der Waals surface area contributed by atoms with Gasteiger partial charge in [0, 0.05) is 21.3 Å². The third kappa shape index (κ3) is 6.01. The van der Waals surface area contributed by atoms with Crippen LogP contribution in [0.25, 0.3) is 0 Å². The van der Waals surface area contributed by atoms with Gasteiger partial charge in [0.1, 0.15) is 8.75 Å². The van der Waals surface area contributed by atoms with Gasteiger partial charge in [0.15, 0.2) is 0 Å². The summed E-state index contributed by atoms with van der Waals surface area (Å²) >= 11 is 8.20. The van der Waals surface area contributed by atoms with Crippen molar-refractivity contribution in [2.75, 3.05) is 32.8 Å². The Morgan fingerprint density at radius 2 is 1.85 bits per heavy atom. The maximum atomic E-state index is 8.49. The SMILES string of the molecule is COC(C)(C)[Si](CCCSC(=S)SCC#N)(OC)OC. The fraction of sp³-hybridized carbons (Fsp3) is 0.833. The summed E-state index contributed by atoms with van der Waals surface area (Å²) in [6.45, 7) is 4.01. The molecule has 0 rings (SSSR count). The van der Waals surface area contributed by atoms with Gasteiger partial charge >= 0.3 is 8.56 Å². The zero-order valence-corrected chi connectivity index (χ0v) is 16.2.